The maximum atomic E-state index is 13.1. The van der Waals surface area contributed by atoms with E-state index in [1.807, 2.05) is 18.2 Å². The summed E-state index contributed by atoms with van der Waals surface area (Å²) in [6.45, 7) is 0.235. The number of carbonyl (C=O) groups is 3. The molecule has 0 aliphatic carbocycles. The Labute approximate surface area is 232 Å². The maximum Gasteiger partial charge on any atom is 0.335 e. The second-order valence-electron chi connectivity index (χ2n) is 7.25. The zero-order valence-corrected chi connectivity index (χ0v) is 22.9. The summed E-state index contributed by atoms with van der Waals surface area (Å²) in [7, 11) is 0. The zero-order valence-electron chi connectivity index (χ0n) is 17.5. The van der Waals surface area contributed by atoms with Crippen LogP contribution in [-0.2, 0) is 16.2 Å². The molecule has 178 valence electrons. The summed E-state index contributed by atoms with van der Waals surface area (Å²) in [6.07, 6.45) is 1.38. The Morgan fingerprint density at radius 3 is 2.23 bits per heavy atom. The number of urea groups is 1. The van der Waals surface area contributed by atoms with Crippen LogP contribution in [0.25, 0.3) is 6.08 Å². The van der Waals surface area contributed by atoms with Gasteiger partial charge in [0.15, 0.2) is 0 Å². The number of nitrogens with one attached hydrogen (secondary N) is 1. The summed E-state index contributed by atoms with van der Waals surface area (Å²) < 4.78 is 7.06. The average molecular weight is 660 g/mol. The van der Waals surface area contributed by atoms with Crippen LogP contribution in [0.4, 0.5) is 10.5 Å². The predicted molar refractivity (Wildman–Crippen MR) is 143 cm³/mol. The number of rotatable bonds is 5. The lowest BCUT2D eigenvalue weighted by Gasteiger charge is -2.26. The third kappa shape index (κ3) is 5.57. The minimum atomic E-state index is -0.888. The lowest BCUT2D eigenvalue weighted by atomic mass is 10.1. The molecule has 0 unspecified atom stereocenters. The first kappa shape index (κ1) is 25.7. The molecule has 6 nitrogen and oxygen atoms in total. The number of benzene rings is 3. The van der Waals surface area contributed by atoms with E-state index in [1.165, 1.54) is 24.3 Å². The standard InChI is InChI=1S/C24H13Br2Cl3N2O4/c25-16-8-12(9-17(26)21(16)35-11-13-3-1-2-4-18(13)27)7-15-22(32)30-24(34)31(23(15)33)14-5-6-19(28)20(29)10-14/h1-10H,11H2,(H,30,32,34)/b15-7+. The minimum absolute atomic E-state index is 0.160. The normalized spacial score (nSPS) is 14.9. The van der Waals surface area contributed by atoms with Gasteiger partial charge < -0.3 is 4.74 Å². The highest BCUT2D eigenvalue weighted by Gasteiger charge is 2.37. The van der Waals surface area contributed by atoms with Gasteiger partial charge in [0, 0.05) is 10.6 Å². The van der Waals surface area contributed by atoms with Gasteiger partial charge in [0.25, 0.3) is 11.8 Å². The molecule has 0 atom stereocenters. The van der Waals surface area contributed by atoms with Crippen LogP contribution in [-0.4, -0.2) is 17.8 Å². The molecule has 3 aromatic carbocycles. The number of nitrogens with zero attached hydrogens (tertiary/aromatic N) is 1. The van der Waals surface area contributed by atoms with Crippen molar-refractivity contribution in [2.24, 2.45) is 0 Å². The summed E-state index contributed by atoms with van der Waals surface area (Å²) in [5, 5.41) is 3.18. The Morgan fingerprint density at radius 1 is 0.886 bits per heavy atom. The van der Waals surface area contributed by atoms with Crippen molar-refractivity contribution in [2.75, 3.05) is 4.90 Å². The smallest absolute Gasteiger partial charge is 0.335 e. The molecule has 35 heavy (non-hydrogen) atoms. The molecule has 0 bridgehead atoms. The molecule has 11 heteroatoms. The average Bonchev–Trinajstić information content (AvgIpc) is 2.79. The number of ether oxygens (including phenoxy) is 1. The van der Waals surface area contributed by atoms with E-state index in [-0.39, 0.29) is 27.9 Å². The fraction of sp³-hybridized carbons (Fsp3) is 0.0417. The Kier molecular flexibility index (Phi) is 7.88. The van der Waals surface area contributed by atoms with E-state index in [0.717, 1.165) is 10.5 Å². The minimum Gasteiger partial charge on any atom is -0.486 e. The van der Waals surface area contributed by atoms with Crippen LogP contribution in [0, 0.1) is 0 Å². The van der Waals surface area contributed by atoms with Gasteiger partial charge in [-0.3, -0.25) is 14.9 Å². The molecular formula is C24H13Br2Cl3N2O4. The van der Waals surface area contributed by atoms with E-state index >= 15 is 0 Å². The van der Waals surface area contributed by atoms with Crippen molar-refractivity contribution in [2.45, 2.75) is 6.61 Å². The van der Waals surface area contributed by atoms with Crippen LogP contribution in [0.5, 0.6) is 5.75 Å². The highest BCUT2D eigenvalue weighted by molar-refractivity contribution is 9.11. The van der Waals surface area contributed by atoms with Crippen LogP contribution in [0.2, 0.25) is 15.1 Å². The summed E-state index contributed by atoms with van der Waals surface area (Å²) in [5.74, 6) is -1.11. The van der Waals surface area contributed by atoms with E-state index in [2.05, 4.69) is 37.2 Å². The molecule has 4 amide bonds. The van der Waals surface area contributed by atoms with E-state index in [1.54, 1.807) is 18.2 Å². The van der Waals surface area contributed by atoms with E-state index in [0.29, 0.717) is 25.3 Å². The van der Waals surface area contributed by atoms with Crippen molar-refractivity contribution in [3.63, 3.8) is 0 Å². The van der Waals surface area contributed by atoms with E-state index in [9.17, 15) is 14.4 Å². The molecule has 0 saturated carbocycles. The molecular weight excluding hydrogens is 646 g/mol. The molecule has 0 aromatic heterocycles. The molecule has 0 radical (unpaired) electrons. The van der Waals surface area contributed by atoms with Crippen LogP contribution in [0.3, 0.4) is 0 Å². The number of carbonyl (C=O) groups excluding carboxylic acids is 3. The van der Waals surface area contributed by atoms with Crippen LogP contribution in [0.15, 0.2) is 69.1 Å². The molecule has 1 fully saturated rings. The first-order chi connectivity index (χ1) is 16.7. The van der Waals surface area contributed by atoms with Gasteiger partial charge in [-0.05, 0) is 79.9 Å². The number of hydrogen-bond donors (Lipinski definition) is 1. The van der Waals surface area contributed by atoms with E-state index in [4.69, 9.17) is 39.5 Å². The van der Waals surface area contributed by atoms with Gasteiger partial charge in [-0.25, -0.2) is 9.69 Å². The summed E-state index contributed by atoms with van der Waals surface area (Å²) in [6, 6.07) is 14.1. The number of imide groups is 2. The van der Waals surface area contributed by atoms with Crippen molar-refractivity contribution >= 4 is 96.3 Å². The maximum absolute atomic E-state index is 13.1. The van der Waals surface area contributed by atoms with Gasteiger partial charge in [-0.15, -0.1) is 0 Å². The van der Waals surface area contributed by atoms with Crippen LogP contribution >= 0.6 is 66.7 Å². The quantitative estimate of drug-likeness (QED) is 0.229. The monoisotopic (exact) mass is 656 g/mol. The topological polar surface area (TPSA) is 75.7 Å². The number of barbiturate groups is 1. The summed E-state index contributed by atoms with van der Waals surface area (Å²) in [4.78, 5) is 38.8. The lowest BCUT2D eigenvalue weighted by Crippen LogP contribution is -2.54. The second kappa shape index (κ2) is 10.7. The van der Waals surface area contributed by atoms with Crippen molar-refractivity contribution in [3.05, 3.63) is 95.3 Å². The number of anilines is 1. The predicted octanol–water partition coefficient (Wildman–Crippen LogP) is 7.42. The first-order valence-corrected chi connectivity index (χ1v) is 12.6. The van der Waals surface area contributed by atoms with Crippen molar-refractivity contribution in [1.82, 2.24) is 5.32 Å². The lowest BCUT2D eigenvalue weighted by molar-refractivity contribution is -0.122. The third-order valence-corrected chi connectivity index (χ3v) is 7.21. The zero-order chi connectivity index (χ0) is 25.3. The SMILES string of the molecule is O=C1NC(=O)N(c2ccc(Cl)c(Cl)c2)C(=O)/C1=C/c1cc(Br)c(OCc2ccccc2Cl)c(Br)c1. The Morgan fingerprint density at radius 2 is 1.57 bits per heavy atom. The van der Waals surface area contributed by atoms with Gasteiger partial charge in [0.05, 0.1) is 24.7 Å². The van der Waals surface area contributed by atoms with Gasteiger partial charge in [0.1, 0.15) is 17.9 Å². The summed E-state index contributed by atoms with van der Waals surface area (Å²) >= 11 is 25.1. The molecule has 1 aliphatic heterocycles. The number of halogens is 5. The molecule has 0 spiro atoms. The highest BCUT2D eigenvalue weighted by atomic mass is 79.9. The first-order valence-electron chi connectivity index (χ1n) is 9.87. The molecule has 1 N–H and O–H groups in total. The van der Waals surface area contributed by atoms with E-state index < -0.39 is 17.8 Å². The van der Waals surface area contributed by atoms with Crippen molar-refractivity contribution in [1.29, 1.82) is 0 Å². The van der Waals surface area contributed by atoms with Gasteiger partial charge in [0.2, 0.25) is 0 Å². The summed E-state index contributed by atoms with van der Waals surface area (Å²) in [5.41, 5.74) is 1.26. The van der Waals surface area contributed by atoms with Crippen molar-refractivity contribution in [3.8, 4) is 5.75 Å². The van der Waals surface area contributed by atoms with Crippen molar-refractivity contribution < 1.29 is 19.1 Å². The van der Waals surface area contributed by atoms with Crippen LogP contribution in [0.1, 0.15) is 11.1 Å². The molecule has 4 rings (SSSR count). The van der Waals surface area contributed by atoms with Crippen LogP contribution < -0.4 is 15.0 Å². The second-order valence-corrected chi connectivity index (χ2v) is 10.2. The Bertz CT molecular complexity index is 1390. The molecule has 1 saturated heterocycles. The van der Waals surface area contributed by atoms with Gasteiger partial charge >= 0.3 is 6.03 Å². The molecule has 3 aromatic rings. The fourth-order valence-electron chi connectivity index (χ4n) is 3.25. The van der Waals surface area contributed by atoms with Gasteiger partial charge in [-0.1, -0.05) is 53.0 Å². The number of hydrogen-bond acceptors (Lipinski definition) is 4. The number of amides is 4. The highest BCUT2D eigenvalue weighted by Crippen LogP contribution is 2.37. The third-order valence-electron chi connectivity index (χ3n) is 4.92. The van der Waals surface area contributed by atoms with Gasteiger partial charge in [-0.2, -0.15) is 0 Å². The fourth-order valence-corrected chi connectivity index (χ4v) is 5.18. The largest absolute Gasteiger partial charge is 0.486 e. The molecule has 1 heterocycles. The Hall–Kier alpha value is -2.36. The molecule has 1 aliphatic rings. The Balaban J connectivity index is 1.62.